The molecule has 0 radical (unpaired) electrons. The zero-order valence-corrected chi connectivity index (χ0v) is 10.4. The molecule has 18 heavy (non-hydrogen) atoms. The molecule has 6 heteroatoms. The summed E-state index contributed by atoms with van der Waals surface area (Å²) in [6, 6.07) is 6.81. The zero-order chi connectivity index (χ0) is 13.5. The molecule has 0 aliphatic carbocycles. The van der Waals surface area contributed by atoms with Gasteiger partial charge >= 0.3 is 0 Å². The number of nitrogens with one attached hydrogen (secondary N) is 1. The first-order chi connectivity index (χ1) is 8.52. The maximum Gasteiger partial charge on any atom is 0.251 e. The summed E-state index contributed by atoms with van der Waals surface area (Å²) in [5.74, 6) is 0.259. The number of carbonyl (C=O) groups is 1. The van der Waals surface area contributed by atoms with Crippen molar-refractivity contribution in [3.63, 3.8) is 0 Å². The number of oxime groups is 1. The number of carbonyl (C=O) groups excluding carboxylic acids is 1. The van der Waals surface area contributed by atoms with Crippen molar-refractivity contribution in [1.29, 1.82) is 0 Å². The Morgan fingerprint density at radius 1 is 1.56 bits per heavy atom. The van der Waals surface area contributed by atoms with E-state index in [0.29, 0.717) is 11.3 Å². The summed E-state index contributed by atoms with van der Waals surface area (Å²) in [4.78, 5) is 11.7. The van der Waals surface area contributed by atoms with Crippen molar-refractivity contribution in [3.8, 4) is 5.75 Å². The van der Waals surface area contributed by atoms with Gasteiger partial charge in [0.15, 0.2) is 5.84 Å². The minimum absolute atomic E-state index is 0.00933. The lowest BCUT2D eigenvalue weighted by atomic mass is 10.2. The van der Waals surface area contributed by atoms with Crippen LogP contribution in [0.4, 0.5) is 0 Å². The van der Waals surface area contributed by atoms with Crippen LogP contribution in [-0.2, 0) is 0 Å². The molecule has 1 rings (SSSR count). The van der Waals surface area contributed by atoms with E-state index in [4.69, 9.17) is 15.7 Å². The Kier molecular flexibility index (Phi) is 4.98. The Morgan fingerprint density at radius 3 is 2.89 bits per heavy atom. The molecule has 0 atom stereocenters. The van der Waals surface area contributed by atoms with Crippen molar-refractivity contribution in [2.45, 2.75) is 20.0 Å². The number of benzene rings is 1. The van der Waals surface area contributed by atoms with Crippen molar-refractivity contribution in [2.75, 3.05) is 6.54 Å². The fourth-order valence-corrected chi connectivity index (χ4v) is 1.29. The maximum atomic E-state index is 11.7. The quantitative estimate of drug-likeness (QED) is 0.314. The first-order valence-electron chi connectivity index (χ1n) is 5.54. The van der Waals surface area contributed by atoms with Gasteiger partial charge in [0.1, 0.15) is 5.75 Å². The summed E-state index contributed by atoms with van der Waals surface area (Å²) in [6.07, 6.45) is 0.0421. The van der Waals surface area contributed by atoms with Crippen molar-refractivity contribution >= 4 is 11.7 Å². The van der Waals surface area contributed by atoms with E-state index in [0.717, 1.165) is 0 Å². The highest BCUT2D eigenvalue weighted by Gasteiger charge is 2.07. The molecule has 0 bridgehead atoms. The number of amidine groups is 1. The zero-order valence-electron chi connectivity index (χ0n) is 10.4. The summed E-state index contributed by atoms with van der Waals surface area (Å²) in [5.41, 5.74) is 5.71. The fourth-order valence-electron chi connectivity index (χ4n) is 1.29. The van der Waals surface area contributed by atoms with Gasteiger partial charge in [-0.15, -0.1) is 0 Å². The van der Waals surface area contributed by atoms with Gasteiger partial charge in [-0.1, -0.05) is 11.2 Å². The SMILES string of the molecule is CC(C)Oc1cccc(C(=O)NCC(N)=NO)c1. The van der Waals surface area contributed by atoms with E-state index in [2.05, 4.69) is 10.5 Å². The average molecular weight is 251 g/mol. The lowest BCUT2D eigenvalue weighted by Gasteiger charge is -2.10. The van der Waals surface area contributed by atoms with Crippen molar-refractivity contribution in [1.82, 2.24) is 5.32 Å². The third kappa shape index (κ3) is 4.32. The van der Waals surface area contributed by atoms with Gasteiger partial charge < -0.3 is 21.0 Å². The molecule has 0 fully saturated rings. The van der Waals surface area contributed by atoms with E-state index in [1.54, 1.807) is 24.3 Å². The molecule has 0 spiro atoms. The number of nitrogens with two attached hydrogens (primary N) is 1. The molecule has 0 unspecified atom stereocenters. The van der Waals surface area contributed by atoms with Gasteiger partial charge in [-0.3, -0.25) is 4.79 Å². The van der Waals surface area contributed by atoms with E-state index in [1.165, 1.54) is 0 Å². The molecule has 0 aromatic heterocycles. The number of rotatable bonds is 5. The van der Waals surface area contributed by atoms with Gasteiger partial charge in [-0.05, 0) is 32.0 Å². The molecule has 98 valence electrons. The van der Waals surface area contributed by atoms with Crippen molar-refractivity contribution < 1.29 is 14.7 Å². The first kappa shape index (κ1) is 13.8. The minimum Gasteiger partial charge on any atom is -0.491 e. The highest BCUT2D eigenvalue weighted by Crippen LogP contribution is 2.14. The summed E-state index contributed by atoms with van der Waals surface area (Å²) >= 11 is 0. The van der Waals surface area contributed by atoms with Crippen LogP contribution in [0.5, 0.6) is 5.75 Å². The van der Waals surface area contributed by atoms with Crippen molar-refractivity contribution in [2.24, 2.45) is 10.9 Å². The molecule has 1 aromatic carbocycles. The smallest absolute Gasteiger partial charge is 0.251 e. The predicted molar refractivity (Wildman–Crippen MR) is 67.9 cm³/mol. The summed E-state index contributed by atoms with van der Waals surface area (Å²) in [7, 11) is 0. The van der Waals surface area contributed by atoms with Crippen LogP contribution >= 0.6 is 0 Å². The minimum atomic E-state index is -0.309. The number of amides is 1. The molecule has 1 aromatic rings. The number of hydrogen-bond acceptors (Lipinski definition) is 4. The van der Waals surface area contributed by atoms with E-state index in [-0.39, 0.29) is 24.4 Å². The van der Waals surface area contributed by atoms with Crippen LogP contribution in [0, 0.1) is 0 Å². The standard InChI is InChI=1S/C12H17N3O3/c1-8(2)18-10-5-3-4-9(6-10)12(16)14-7-11(13)15-17/h3-6,8,17H,7H2,1-2H3,(H2,13,15)(H,14,16). The number of hydrogen-bond donors (Lipinski definition) is 3. The lowest BCUT2D eigenvalue weighted by molar-refractivity contribution is 0.0958. The molecule has 0 heterocycles. The van der Waals surface area contributed by atoms with Crippen LogP contribution in [0.2, 0.25) is 0 Å². The molecule has 0 aliphatic rings. The predicted octanol–water partition coefficient (Wildman–Crippen LogP) is 0.950. The maximum absolute atomic E-state index is 11.7. The third-order valence-corrected chi connectivity index (χ3v) is 2.03. The average Bonchev–Trinajstić information content (AvgIpc) is 2.35. The summed E-state index contributed by atoms with van der Waals surface area (Å²) in [5, 5.41) is 13.6. The van der Waals surface area contributed by atoms with Crippen LogP contribution in [-0.4, -0.2) is 29.6 Å². The topological polar surface area (TPSA) is 96.9 Å². The third-order valence-electron chi connectivity index (χ3n) is 2.03. The van der Waals surface area contributed by atoms with Crippen LogP contribution in [0.3, 0.4) is 0 Å². The molecule has 0 aliphatic heterocycles. The summed E-state index contributed by atoms with van der Waals surface area (Å²) < 4.78 is 5.48. The Labute approximate surface area is 105 Å². The van der Waals surface area contributed by atoms with Crippen LogP contribution in [0.1, 0.15) is 24.2 Å². The Balaban J connectivity index is 2.68. The van der Waals surface area contributed by atoms with E-state index in [1.807, 2.05) is 13.8 Å². The Morgan fingerprint density at radius 2 is 2.28 bits per heavy atom. The molecule has 0 saturated carbocycles. The molecular weight excluding hydrogens is 234 g/mol. The van der Waals surface area contributed by atoms with Crippen LogP contribution < -0.4 is 15.8 Å². The second-order valence-corrected chi connectivity index (χ2v) is 3.97. The number of ether oxygens (including phenoxy) is 1. The van der Waals surface area contributed by atoms with Gasteiger partial charge in [0.05, 0.1) is 12.6 Å². The van der Waals surface area contributed by atoms with Gasteiger partial charge in [0, 0.05) is 5.56 Å². The second kappa shape index (κ2) is 6.48. The van der Waals surface area contributed by atoms with E-state index in [9.17, 15) is 4.79 Å². The van der Waals surface area contributed by atoms with Crippen molar-refractivity contribution in [3.05, 3.63) is 29.8 Å². The largest absolute Gasteiger partial charge is 0.491 e. The number of nitrogens with zero attached hydrogens (tertiary/aromatic N) is 1. The van der Waals surface area contributed by atoms with Gasteiger partial charge in [0.25, 0.3) is 5.91 Å². The van der Waals surface area contributed by atoms with E-state index >= 15 is 0 Å². The Hall–Kier alpha value is -2.24. The van der Waals surface area contributed by atoms with Gasteiger partial charge in [0.2, 0.25) is 0 Å². The molecule has 1 amide bonds. The van der Waals surface area contributed by atoms with E-state index < -0.39 is 0 Å². The second-order valence-electron chi connectivity index (χ2n) is 3.97. The molecule has 0 saturated heterocycles. The monoisotopic (exact) mass is 251 g/mol. The van der Waals surface area contributed by atoms with Gasteiger partial charge in [-0.25, -0.2) is 0 Å². The Bertz CT molecular complexity index is 444. The molecule has 6 nitrogen and oxygen atoms in total. The molecular formula is C12H17N3O3. The normalized spacial score (nSPS) is 11.4. The highest BCUT2D eigenvalue weighted by atomic mass is 16.5. The fraction of sp³-hybridized carbons (Fsp3) is 0.333. The summed E-state index contributed by atoms with van der Waals surface area (Å²) in [6.45, 7) is 3.81. The van der Waals surface area contributed by atoms with Crippen LogP contribution in [0.15, 0.2) is 29.4 Å². The highest BCUT2D eigenvalue weighted by molar-refractivity contribution is 5.97. The first-order valence-corrected chi connectivity index (χ1v) is 5.54. The molecule has 4 N–H and O–H groups in total. The van der Waals surface area contributed by atoms with Gasteiger partial charge in [-0.2, -0.15) is 0 Å². The van der Waals surface area contributed by atoms with Crippen LogP contribution in [0.25, 0.3) is 0 Å². The lowest BCUT2D eigenvalue weighted by Crippen LogP contribution is -2.33.